The van der Waals surface area contributed by atoms with E-state index in [4.69, 9.17) is 5.11 Å². The number of benzene rings is 1. The van der Waals surface area contributed by atoms with Crippen molar-refractivity contribution < 1.29 is 14.7 Å². The van der Waals surface area contributed by atoms with Crippen molar-refractivity contribution in [1.82, 2.24) is 5.32 Å². The normalized spacial score (nSPS) is 15.7. The molecule has 0 spiro atoms. The lowest BCUT2D eigenvalue weighted by atomic mass is 10.1. The first kappa shape index (κ1) is 14.6. The Morgan fingerprint density at radius 1 is 1.25 bits per heavy atom. The predicted octanol–water partition coefficient (Wildman–Crippen LogP) is 2.30. The van der Waals surface area contributed by atoms with Crippen molar-refractivity contribution in [2.45, 2.75) is 39.0 Å². The summed E-state index contributed by atoms with van der Waals surface area (Å²) in [4.78, 5) is 22.7. The number of nitrogens with one attached hydrogen (secondary N) is 1. The van der Waals surface area contributed by atoms with E-state index in [1.165, 1.54) is 11.1 Å². The number of aliphatic carboxylic acids is 1. The van der Waals surface area contributed by atoms with E-state index in [1.54, 1.807) is 0 Å². The molecular weight excluding hydrogens is 254 g/mol. The first-order valence-electron chi connectivity index (χ1n) is 7.07. The van der Waals surface area contributed by atoms with Crippen molar-refractivity contribution in [1.29, 1.82) is 0 Å². The highest BCUT2D eigenvalue weighted by Gasteiger charge is 2.50. The summed E-state index contributed by atoms with van der Waals surface area (Å²) in [5.74, 6) is -0.845. The molecule has 0 radical (unpaired) electrons. The molecule has 108 valence electrons. The molecule has 0 saturated heterocycles. The zero-order valence-electron chi connectivity index (χ0n) is 11.8. The van der Waals surface area contributed by atoms with E-state index >= 15 is 0 Å². The number of carboxylic acid groups (broad SMARTS) is 1. The molecule has 0 aromatic heterocycles. The SMILES string of the molecule is Cc1ccc(CCCC(=O)NCC2(C(=O)O)CC2)cc1. The van der Waals surface area contributed by atoms with Crippen LogP contribution >= 0.6 is 0 Å². The number of hydrogen-bond acceptors (Lipinski definition) is 2. The number of rotatable bonds is 7. The van der Waals surface area contributed by atoms with E-state index in [1.807, 2.05) is 6.92 Å². The molecule has 1 aliphatic rings. The second-order valence-corrected chi connectivity index (χ2v) is 5.70. The van der Waals surface area contributed by atoms with Crippen LogP contribution in [-0.2, 0) is 16.0 Å². The molecule has 1 aromatic carbocycles. The zero-order valence-corrected chi connectivity index (χ0v) is 11.8. The lowest BCUT2D eigenvalue weighted by molar-refractivity contribution is -0.143. The quantitative estimate of drug-likeness (QED) is 0.802. The van der Waals surface area contributed by atoms with Crippen molar-refractivity contribution in [2.24, 2.45) is 5.41 Å². The summed E-state index contributed by atoms with van der Waals surface area (Å²) in [5.41, 5.74) is 1.79. The van der Waals surface area contributed by atoms with Crippen molar-refractivity contribution in [3.8, 4) is 0 Å². The van der Waals surface area contributed by atoms with Crippen LogP contribution in [0.5, 0.6) is 0 Å². The van der Waals surface area contributed by atoms with Gasteiger partial charge in [0.15, 0.2) is 0 Å². The Bertz CT molecular complexity index is 489. The molecule has 4 nitrogen and oxygen atoms in total. The first-order chi connectivity index (χ1) is 9.52. The van der Waals surface area contributed by atoms with Gasteiger partial charge in [0.2, 0.25) is 5.91 Å². The van der Waals surface area contributed by atoms with Gasteiger partial charge in [-0.25, -0.2) is 0 Å². The van der Waals surface area contributed by atoms with Gasteiger partial charge in [-0.1, -0.05) is 29.8 Å². The van der Waals surface area contributed by atoms with Crippen LogP contribution in [-0.4, -0.2) is 23.5 Å². The van der Waals surface area contributed by atoms with Gasteiger partial charge in [0, 0.05) is 13.0 Å². The molecule has 1 aliphatic carbocycles. The minimum Gasteiger partial charge on any atom is -0.481 e. The molecule has 1 fully saturated rings. The first-order valence-corrected chi connectivity index (χ1v) is 7.07. The monoisotopic (exact) mass is 275 g/mol. The summed E-state index contributed by atoms with van der Waals surface area (Å²) < 4.78 is 0. The lowest BCUT2D eigenvalue weighted by Gasteiger charge is -2.11. The Labute approximate surface area is 119 Å². The van der Waals surface area contributed by atoms with Gasteiger partial charge in [-0.3, -0.25) is 9.59 Å². The van der Waals surface area contributed by atoms with Gasteiger partial charge >= 0.3 is 5.97 Å². The van der Waals surface area contributed by atoms with Crippen molar-refractivity contribution in [2.75, 3.05) is 6.54 Å². The summed E-state index contributed by atoms with van der Waals surface area (Å²) in [6.45, 7) is 2.32. The van der Waals surface area contributed by atoms with Crippen LogP contribution in [0, 0.1) is 12.3 Å². The minimum absolute atomic E-state index is 0.0513. The Kier molecular flexibility index (Phi) is 4.42. The van der Waals surface area contributed by atoms with E-state index in [9.17, 15) is 9.59 Å². The second kappa shape index (κ2) is 6.07. The molecule has 2 rings (SSSR count). The van der Waals surface area contributed by atoms with Crippen molar-refractivity contribution in [3.63, 3.8) is 0 Å². The van der Waals surface area contributed by atoms with Crippen LogP contribution in [0.3, 0.4) is 0 Å². The number of carboxylic acids is 1. The highest BCUT2D eigenvalue weighted by molar-refractivity contribution is 5.80. The Morgan fingerprint density at radius 3 is 2.45 bits per heavy atom. The molecular formula is C16H21NO3. The topological polar surface area (TPSA) is 66.4 Å². The third kappa shape index (κ3) is 3.83. The van der Waals surface area contributed by atoms with E-state index in [0.29, 0.717) is 19.3 Å². The summed E-state index contributed by atoms with van der Waals surface area (Å²) in [6.07, 6.45) is 3.45. The van der Waals surface area contributed by atoms with E-state index < -0.39 is 11.4 Å². The molecule has 0 heterocycles. The van der Waals surface area contributed by atoms with Gasteiger partial charge in [0.05, 0.1) is 5.41 Å². The number of amides is 1. The van der Waals surface area contributed by atoms with Gasteiger partial charge < -0.3 is 10.4 Å². The molecule has 0 bridgehead atoms. The van der Waals surface area contributed by atoms with Crippen LogP contribution < -0.4 is 5.32 Å². The zero-order chi connectivity index (χ0) is 14.6. The number of carbonyl (C=O) groups is 2. The van der Waals surface area contributed by atoms with Crippen LogP contribution in [0.2, 0.25) is 0 Å². The molecule has 1 amide bonds. The Hall–Kier alpha value is -1.84. The number of hydrogen-bond donors (Lipinski definition) is 2. The van der Waals surface area contributed by atoms with Crippen LogP contribution in [0.15, 0.2) is 24.3 Å². The van der Waals surface area contributed by atoms with Crippen molar-refractivity contribution >= 4 is 11.9 Å². The van der Waals surface area contributed by atoms with Gasteiger partial charge in [-0.15, -0.1) is 0 Å². The highest BCUT2D eigenvalue weighted by atomic mass is 16.4. The maximum Gasteiger partial charge on any atom is 0.311 e. The van der Waals surface area contributed by atoms with E-state index in [-0.39, 0.29) is 12.5 Å². The van der Waals surface area contributed by atoms with Crippen molar-refractivity contribution in [3.05, 3.63) is 35.4 Å². The van der Waals surface area contributed by atoms with Crippen LogP contribution in [0.25, 0.3) is 0 Å². The van der Waals surface area contributed by atoms with E-state index in [2.05, 4.69) is 29.6 Å². The molecule has 20 heavy (non-hydrogen) atoms. The molecule has 1 saturated carbocycles. The number of carbonyl (C=O) groups excluding carboxylic acids is 1. The molecule has 0 atom stereocenters. The van der Waals surface area contributed by atoms with Gasteiger partial charge in [0.25, 0.3) is 0 Å². The minimum atomic E-state index is -0.794. The fourth-order valence-corrected chi connectivity index (χ4v) is 2.18. The van der Waals surface area contributed by atoms with Gasteiger partial charge in [0.1, 0.15) is 0 Å². The smallest absolute Gasteiger partial charge is 0.311 e. The fourth-order valence-electron chi connectivity index (χ4n) is 2.18. The summed E-state index contributed by atoms with van der Waals surface area (Å²) >= 11 is 0. The number of aryl methyl sites for hydroxylation is 2. The fraction of sp³-hybridized carbons (Fsp3) is 0.500. The average Bonchev–Trinajstić information content (AvgIpc) is 3.20. The predicted molar refractivity (Wildman–Crippen MR) is 76.4 cm³/mol. The summed E-state index contributed by atoms with van der Waals surface area (Å²) in [7, 11) is 0. The van der Waals surface area contributed by atoms with Crippen LogP contribution in [0.4, 0.5) is 0 Å². The Balaban J connectivity index is 1.65. The molecule has 0 unspecified atom stereocenters. The summed E-state index contributed by atoms with van der Waals surface area (Å²) in [6, 6.07) is 8.30. The van der Waals surface area contributed by atoms with Gasteiger partial charge in [-0.2, -0.15) is 0 Å². The maximum atomic E-state index is 11.7. The van der Waals surface area contributed by atoms with E-state index in [0.717, 1.165) is 12.8 Å². The third-order valence-electron chi connectivity index (χ3n) is 3.92. The molecule has 0 aliphatic heterocycles. The van der Waals surface area contributed by atoms with Gasteiger partial charge in [-0.05, 0) is 38.2 Å². The maximum absolute atomic E-state index is 11.7. The molecule has 4 heteroatoms. The second-order valence-electron chi connectivity index (χ2n) is 5.70. The summed E-state index contributed by atoms with van der Waals surface area (Å²) in [5, 5.41) is 11.8. The third-order valence-corrected chi connectivity index (χ3v) is 3.92. The van der Waals surface area contributed by atoms with Crippen LogP contribution in [0.1, 0.15) is 36.8 Å². The largest absolute Gasteiger partial charge is 0.481 e. The Morgan fingerprint density at radius 2 is 1.90 bits per heavy atom. The highest BCUT2D eigenvalue weighted by Crippen LogP contribution is 2.45. The molecule has 2 N–H and O–H groups in total. The molecule has 1 aromatic rings. The standard InChI is InChI=1S/C16H21NO3/c1-12-5-7-13(8-6-12)3-2-4-14(18)17-11-16(9-10-16)15(19)20/h5-8H,2-4,9-11H2,1H3,(H,17,18)(H,19,20). The average molecular weight is 275 g/mol. The lowest BCUT2D eigenvalue weighted by Crippen LogP contribution is -2.34.